The Morgan fingerprint density at radius 1 is 1.53 bits per heavy atom. The Morgan fingerprint density at radius 3 is 3.11 bits per heavy atom. The number of aryl methyl sites for hydroxylation is 1. The Kier molecular flexibility index (Phi) is 4.80. The second-order valence-electron chi connectivity index (χ2n) is 4.88. The van der Waals surface area contributed by atoms with Gasteiger partial charge in [-0.25, -0.2) is 0 Å². The lowest BCUT2D eigenvalue weighted by Gasteiger charge is -2.20. The molecule has 4 heteroatoms. The van der Waals surface area contributed by atoms with Crippen molar-refractivity contribution in [3.63, 3.8) is 0 Å². The summed E-state index contributed by atoms with van der Waals surface area (Å²) in [4.78, 5) is 13.0. The van der Waals surface area contributed by atoms with Gasteiger partial charge in [0.2, 0.25) is 0 Å². The zero-order chi connectivity index (χ0) is 13.7. The van der Waals surface area contributed by atoms with Gasteiger partial charge in [0.25, 0.3) is 0 Å². The molecule has 4 nitrogen and oxygen atoms in total. The third-order valence-electron chi connectivity index (χ3n) is 3.60. The van der Waals surface area contributed by atoms with Crippen molar-refractivity contribution in [3.8, 4) is 5.75 Å². The number of aliphatic carboxylic acids is 1. The smallest absolute Gasteiger partial charge is 0.320 e. The fraction of sp³-hybridized carbons (Fsp3) is 0.533. The maximum atomic E-state index is 11.0. The summed E-state index contributed by atoms with van der Waals surface area (Å²) in [6.45, 7) is 4.18. The van der Waals surface area contributed by atoms with E-state index >= 15 is 0 Å². The molecule has 0 aromatic heterocycles. The third-order valence-corrected chi connectivity index (χ3v) is 3.60. The summed E-state index contributed by atoms with van der Waals surface area (Å²) in [6, 6.07) is 7.72. The monoisotopic (exact) mass is 263 g/mol. The molecule has 1 aliphatic rings. The summed E-state index contributed by atoms with van der Waals surface area (Å²) in [5.74, 6) is 0.149. The fourth-order valence-electron chi connectivity index (χ4n) is 2.51. The quantitative estimate of drug-likeness (QED) is 0.854. The first kappa shape index (κ1) is 13.9. The van der Waals surface area contributed by atoms with Gasteiger partial charge in [-0.1, -0.05) is 19.1 Å². The lowest BCUT2D eigenvalue weighted by molar-refractivity contribution is -0.142. The molecule has 0 unspecified atom stereocenters. The number of rotatable bonds is 6. The van der Waals surface area contributed by atoms with Crippen molar-refractivity contribution in [1.82, 2.24) is 4.90 Å². The van der Waals surface area contributed by atoms with Crippen LogP contribution in [0.2, 0.25) is 0 Å². The van der Waals surface area contributed by atoms with Crippen LogP contribution in [0.4, 0.5) is 0 Å². The molecule has 1 aromatic rings. The highest BCUT2D eigenvalue weighted by atomic mass is 16.5. The van der Waals surface area contributed by atoms with Gasteiger partial charge in [-0.15, -0.1) is 0 Å². The normalized spacial score (nSPS) is 19.5. The van der Waals surface area contributed by atoms with Crippen LogP contribution in [-0.4, -0.2) is 41.7 Å². The summed E-state index contributed by atoms with van der Waals surface area (Å²) >= 11 is 0. The molecule has 2 rings (SSSR count). The van der Waals surface area contributed by atoms with E-state index in [1.165, 1.54) is 5.56 Å². The zero-order valence-electron chi connectivity index (χ0n) is 11.3. The van der Waals surface area contributed by atoms with Crippen molar-refractivity contribution in [2.75, 3.05) is 19.7 Å². The lowest BCUT2D eigenvalue weighted by Crippen LogP contribution is -2.38. The number of benzene rings is 1. The first-order chi connectivity index (χ1) is 9.20. The topological polar surface area (TPSA) is 49.8 Å². The summed E-state index contributed by atoms with van der Waals surface area (Å²) < 4.78 is 5.70. The van der Waals surface area contributed by atoms with Crippen LogP contribution >= 0.6 is 0 Å². The summed E-state index contributed by atoms with van der Waals surface area (Å²) in [5, 5.41) is 9.09. The van der Waals surface area contributed by atoms with E-state index in [2.05, 4.69) is 13.0 Å². The minimum absolute atomic E-state index is 0.328. The number of carboxylic acid groups (broad SMARTS) is 1. The van der Waals surface area contributed by atoms with Crippen LogP contribution in [0.5, 0.6) is 5.75 Å². The fourth-order valence-corrected chi connectivity index (χ4v) is 2.51. The molecule has 104 valence electrons. The van der Waals surface area contributed by atoms with Gasteiger partial charge >= 0.3 is 5.97 Å². The zero-order valence-corrected chi connectivity index (χ0v) is 11.3. The van der Waals surface area contributed by atoms with Gasteiger partial charge in [-0.3, -0.25) is 9.69 Å². The average Bonchev–Trinajstić information content (AvgIpc) is 2.87. The molecular formula is C15H21NO3. The molecule has 1 saturated heterocycles. The predicted octanol–water partition coefficient (Wildman–Crippen LogP) is 2.18. The van der Waals surface area contributed by atoms with E-state index in [0.29, 0.717) is 13.2 Å². The van der Waals surface area contributed by atoms with Crippen LogP contribution in [0, 0.1) is 0 Å². The Morgan fingerprint density at radius 2 is 2.37 bits per heavy atom. The van der Waals surface area contributed by atoms with Gasteiger partial charge in [-0.2, -0.15) is 0 Å². The number of nitrogens with zero attached hydrogens (tertiary/aromatic N) is 1. The summed E-state index contributed by atoms with van der Waals surface area (Å²) in [5.41, 5.74) is 1.25. The largest absolute Gasteiger partial charge is 0.492 e. The standard InChI is InChI=1S/C15H21NO3/c1-2-12-5-3-6-13(11-12)19-10-9-16-8-4-7-14(16)15(17)18/h3,5-6,11,14H,2,4,7-10H2,1H3,(H,17,18)/t14-/m0/s1. The Labute approximate surface area is 114 Å². The number of ether oxygens (including phenoxy) is 1. The van der Waals surface area contributed by atoms with E-state index in [-0.39, 0.29) is 6.04 Å². The molecule has 0 aliphatic carbocycles. The molecule has 0 radical (unpaired) electrons. The van der Waals surface area contributed by atoms with E-state index in [1.807, 2.05) is 23.1 Å². The van der Waals surface area contributed by atoms with Crippen LogP contribution in [-0.2, 0) is 11.2 Å². The van der Waals surface area contributed by atoms with E-state index in [0.717, 1.165) is 31.6 Å². The maximum Gasteiger partial charge on any atom is 0.320 e. The number of likely N-dealkylation sites (tertiary alicyclic amines) is 1. The summed E-state index contributed by atoms with van der Waals surface area (Å²) in [7, 11) is 0. The van der Waals surface area contributed by atoms with Crippen LogP contribution < -0.4 is 4.74 Å². The molecule has 1 aliphatic heterocycles. The molecule has 1 aromatic carbocycles. The van der Waals surface area contributed by atoms with Crippen molar-refractivity contribution < 1.29 is 14.6 Å². The van der Waals surface area contributed by atoms with Crippen molar-refractivity contribution in [2.24, 2.45) is 0 Å². The van der Waals surface area contributed by atoms with Gasteiger partial charge in [0.15, 0.2) is 0 Å². The van der Waals surface area contributed by atoms with Gasteiger partial charge in [-0.05, 0) is 43.5 Å². The Bertz CT molecular complexity index is 433. The second kappa shape index (κ2) is 6.57. The molecular weight excluding hydrogens is 242 g/mol. The highest BCUT2D eigenvalue weighted by Crippen LogP contribution is 2.18. The minimum Gasteiger partial charge on any atom is -0.492 e. The minimum atomic E-state index is -0.717. The molecule has 1 N–H and O–H groups in total. The Hall–Kier alpha value is -1.55. The van der Waals surface area contributed by atoms with Crippen LogP contribution in [0.15, 0.2) is 24.3 Å². The van der Waals surface area contributed by atoms with E-state index in [4.69, 9.17) is 9.84 Å². The van der Waals surface area contributed by atoms with Gasteiger partial charge in [0.1, 0.15) is 18.4 Å². The highest BCUT2D eigenvalue weighted by Gasteiger charge is 2.29. The van der Waals surface area contributed by atoms with Gasteiger partial charge < -0.3 is 9.84 Å². The van der Waals surface area contributed by atoms with E-state index < -0.39 is 5.97 Å². The number of hydrogen-bond acceptors (Lipinski definition) is 3. The highest BCUT2D eigenvalue weighted by molar-refractivity contribution is 5.73. The first-order valence-corrected chi connectivity index (χ1v) is 6.89. The van der Waals surface area contributed by atoms with Gasteiger partial charge in [0, 0.05) is 6.54 Å². The number of carboxylic acids is 1. The molecule has 1 atom stereocenters. The van der Waals surface area contributed by atoms with Crippen LogP contribution in [0.25, 0.3) is 0 Å². The maximum absolute atomic E-state index is 11.0. The van der Waals surface area contributed by atoms with Crippen LogP contribution in [0.1, 0.15) is 25.3 Å². The molecule has 0 amide bonds. The van der Waals surface area contributed by atoms with Crippen molar-refractivity contribution >= 4 is 5.97 Å². The van der Waals surface area contributed by atoms with Crippen LogP contribution in [0.3, 0.4) is 0 Å². The van der Waals surface area contributed by atoms with Gasteiger partial charge in [0.05, 0.1) is 0 Å². The molecule has 0 saturated carbocycles. The predicted molar refractivity (Wildman–Crippen MR) is 73.5 cm³/mol. The lowest BCUT2D eigenvalue weighted by atomic mass is 10.2. The third kappa shape index (κ3) is 3.70. The van der Waals surface area contributed by atoms with Crippen molar-refractivity contribution in [3.05, 3.63) is 29.8 Å². The number of hydrogen-bond donors (Lipinski definition) is 1. The number of carbonyl (C=O) groups is 1. The first-order valence-electron chi connectivity index (χ1n) is 6.89. The molecule has 0 spiro atoms. The average molecular weight is 263 g/mol. The SMILES string of the molecule is CCc1cccc(OCCN2CCC[C@H]2C(=O)O)c1. The van der Waals surface area contributed by atoms with E-state index in [9.17, 15) is 4.79 Å². The van der Waals surface area contributed by atoms with Crippen molar-refractivity contribution in [2.45, 2.75) is 32.2 Å². The molecule has 1 fully saturated rings. The molecule has 19 heavy (non-hydrogen) atoms. The van der Waals surface area contributed by atoms with E-state index in [1.54, 1.807) is 0 Å². The molecule has 1 heterocycles. The Balaban J connectivity index is 1.81. The second-order valence-corrected chi connectivity index (χ2v) is 4.88. The summed E-state index contributed by atoms with van der Waals surface area (Å²) in [6.07, 6.45) is 2.70. The molecule has 0 bridgehead atoms. The van der Waals surface area contributed by atoms with Crippen molar-refractivity contribution in [1.29, 1.82) is 0 Å².